The molecule has 1 amide bonds. The number of carbonyl (C=O) groups excluding carboxylic acids is 1. The van der Waals surface area contributed by atoms with E-state index in [1.165, 1.54) is 27.8 Å². The van der Waals surface area contributed by atoms with Gasteiger partial charge in [-0.2, -0.15) is 4.31 Å². The second-order valence-corrected chi connectivity index (χ2v) is 11.3. The van der Waals surface area contributed by atoms with Gasteiger partial charge >= 0.3 is 0 Å². The molecule has 174 valence electrons. The van der Waals surface area contributed by atoms with Gasteiger partial charge in [0, 0.05) is 31.0 Å². The summed E-state index contributed by atoms with van der Waals surface area (Å²) < 4.78 is 28.1. The van der Waals surface area contributed by atoms with E-state index in [2.05, 4.69) is 9.97 Å². The molecule has 2 aromatic heterocycles. The summed E-state index contributed by atoms with van der Waals surface area (Å²) in [5.41, 5.74) is 1.85. The van der Waals surface area contributed by atoms with Gasteiger partial charge in [0.05, 0.1) is 21.2 Å². The highest BCUT2D eigenvalue weighted by Gasteiger charge is 2.28. The van der Waals surface area contributed by atoms with E-state index in [1.807, 2.05) is 24.3 Å². The van der Waals surface area contributed by atoms with Crippen LogP contribution >= 0.6 is 22.9 Å². The molecular weight excluding hydrogens is 492 g/mol. The van der Waals surface area contributed by atoms with Crippen LogP contribution in [-0.2, 0) is 16.6 Å². The fraction of sp³-hybridized carbons (Fsp3) is 0.208. The molecule has 5 rings (SSSR count). The van der Waals surface area contributed by atoms with Crippen molar-refractivity contribution in [2.75, 3.05) is 18.0 Å². The SMILES string of the molecule is O=C(c1ccc(S(=O)(=O)N2CCCC2)cc1)N(Cc1cccnc1)c1nc2c(Cl)cccc2s1. The Balaban J connectivity index is 1.49. The summed E-state index contributed by atoms with van der Waals surface area (Å²) in [6.45, 7) is 1.32. The molecule has 0 radical (unpaired) electrons. The number of amides is 1. The fourth-order valence-electron chi connectivity index (χ4n) is 3.92. The Hall–Kier alpha value is -2.85. The Labute approximate surface area is 206 Å². The second kappa shape index (κ2) is 9.42. The molecule has 0 atom stereocenters. The highest BCUT2D eigenvalue weighted by atomic mass is 35.5. The van der Waals surface area contributed by atoms with Gasteiger partial charge in [-0.15, -0.1) is 0 Å². The summed E-state index contributed by atoms with van der Waals surface area (Å²) in [5.74, 6) is -0.288. The standard InChI is InChI=1S/C24H21ClN4O3S2/c25-20-6-3-7-21-22(20)27-24(33-21)29(16-17-5-4-12-26-15-17)23(30)18-8-10-19(11-9-18)34(31,32)28-13-1-2-14-28/h3-12,15H,1-2,13-14,16H2. The monoisotopic (exact) mass is 512 g/mol. The molecule has 0 unspecified atom stereocenters. The third-order valence-corrected chi connectivity index (χ3v) is 8.96. The van der Waals surface area contributed by atoms with Gasteiger partial charge in [0.25, 0.3) is 5.91 Å². The van der Waals surface area contributed by atoms with Gasteiger partial charge in [0.15, 0.2) is 5.13 Å². The highest BCUT2D eigenvalue weighted by Crippen LogP contribution is 2.34. The lowest BCUT2D eigenvalue weighted by atomic mass is 10.2. The van der Waals surface area contributed by atoms with Crippen LogP contribution in [0.15, 0.2) is 71.9 Å². The highest BCUT2D eigenvalue weighted by molar-refractivity contribution is 7.89. The van der Waals surface area contributed by atoms with Crippen LogP contribution in [0.25, 0.3) is 10.2 Å². The number of hydrogen-bond acceptors (Lipinski definition) is 6. The fourth-order valence-corrected chi connectivity index (χ4v) is 6.70. The van der Waals surface area contributed by atoms with Gasteiger partial charge in [-0.3, -0.25) is 14.7 Å². The first-order valence-corrected chi connectivity index (χ1v) is 13.4. The van der Waals surface area contributed by atoms with Crippen molar-refractivity contribution in [1.29, 1.82) is 0 Å². The van der Waals surface area contributed by atoms with E-state index in [9.17, 15) is 13.2 Å². The molecule has 0 N–H and O–H groups in total. The first kappa shape index (κ1) is 22.9. The van der Waals surface area contributed by atoms with Crippen molar-refractivity contribution in [3.63, 3.8) is 0 Å². The Kier molecular flexibility index (Phi) is 6.35. The molecule has 1 saturated heterocycles. The molecule has 4 aromatic rings. The third kappa shape index (κ3) is 4.44. The van der Waals surface area contributed by atoms with Gasteiger partial charge in [0.1, 0.15) is 5.52 Å². The molecule has 0 aliphatic carbocycles. The first-order valence-electron chi connectivity index (χ1n) is 10.8. The van der Waals surface area contributed by atoms with Crippen LogP contribution in [0.2, 0.25) is 5.02 Å². The Morgan fingerprint density at radius 3 is 2.50 bits per heavy atom. The number of benzene rings is 2. The number of aromatic nitrogens is 2. The van der Waals surface area contributed by atoms with E-state index in [0.29, 0.717) is 34.3 Å². The van der Waals surface area contributed by atoms with Crippen molar-refractivity contribution in [2.24, 2.45) is 0 Å². The lowest BCUT2D eigenvalue weighted by molar-refractivity contribution is 0.0985. The summed E-state index contributed by atoms with van der Waals surface area (Å²) >= 11 is 7.69. The number of fused-ring (bicyclic) bond motifs is 1. The number of anilines is 1. The maximum absolute atomic E-state index is 13.6. The minimum Gasteiger partial charge on any atom is -0.279 e. The van der Waals surface area contributed by atoms with Crippen LogP contribution in [0, 0.1) is 0 Å². The van der Waals surface area contributed by atoms with Crippen molar-refractivity contribution in [2.45, 2.75) is 24.3 Å². The summed E-state index contributed by atoms with van der Waals surface area (Å²) in [6, 6.07) is 15.3. The van der Waals surface area contributed by atoms with Gasteiger partial charge in [-0.05, 0) is 60.9 Å². The second-order valence-electron chi connectivity index (χ2n) is 7.97. The van der Waals surface area contributed by atoms with Crippen LogP contribution in [0.4, 0.5) is 5.13 Å². The predicted molar refractivity (Wildman–Crippen MR) is 134 cm³/mol. The third-order valence-electron chi connectivity index (χ3n) is 5.70. The molecule has 1 aliphatic heterocycles. The Bertz CT molecular complexity index is 1430. The van der Waals surface area contributed by atoms with Gasteiger partial charge < -0.3 is 0 Å². The maximum Gasteiger partial charge on any atom is 0.260 e. The molecule has 34 heavy (non-hydrogen) atoms. The number of thiazole rings is 1. The lowest BCUT2D eigenvalue weighted by Crippen LogP contribution is -2.30. The number of para-hydroxylation sites is 1. The average molecular weight is 513 g/mol. The molecule has 3 heterocycles. The number of carbonyl (C=O) groups is 1. The van der Waals surface area contributed by atoms with E-state index in [4.69, 9.17) is 11.6 Å². The zero-order valence-electron chi connectivity index (χ0n) is 18.1. The molecule has 1 fully saturated rings. The largest absolute Gasteiger partial charge is 0.279 e. The molecule has 0 spiro atoms. The van der Waals surface area contributed by atoms with Gasteiger partial charge in [-0.25, -0.2) is 13.4 Å². The molecule has 7 nitrogen and oxygen atoms in total. The summed E-state index contributed by atoms with van der Waals surface area (Å²) in [5, 5.41) is 1.02. The zero-order valence-corrected chi connectivity index (χ0v) is 20.5. The van der Waals surface area contributed by atoms with Gasteiger partial charge in [0.2, 0.25) is 10.0 Å². The molecule has 2 aromatic carbocycles. The van der Waals surface area contributed by atoms with Crippen LogP contribution in [-0.4, -0.2) is 41.7 Å². The van der Waals surface area contributed by atoms with Crippen molar-refractivity contribution in [1.82, 2.24) is 14.3 Å². The topological polar surface area (TPSA) is 83.5 Å². The predicted octanol–water partition coefficient (Wildman–Crippen LogP) is 4.98. The Morgan fingerprint density at radius 2 is 1.82 bits per heavy atom. The summed E-state index contributed by atoms with van der Waals surface area (Å²) in [6.07, 6.45) is 5.11. The zero-order chi connectivity index (χ0) is 23.7. The molecule has 10 heteroatoms. The number of halogens is 1. The van der Waals surface area contributed by atoms with Crippen molar-refractivity contribution < 1.29 is 13.2 Å². The summed E-state index contributed by atoms with van der Waals surface area (Å²) in [7, 11) is -3.55. The molecule has 0 bridgehead atoms. The van der Waals surface area contributed by atoms with E-state index in [1.54, 1.807) is 35.5 Å². The van der Waals surface area contributed by atoms with Gasteiger partial charge in [-0.1, -0.05) is 35.1 Å². The van der Waals surface area contributed by atoms with E-state index in [0.717, 1.165) is 23.1 Å². The van der Waals surface area contributed by atoms with Crippen molar-refractivity contribution in [3.05, 3.63) is 83.1 Å². The minimum absolute atomic E-state index is 0.191. The number of hydrogen-bond donors (Lipinski definition) is 0. The number of sulfonamides is 1. The van der Waals surface area contributed by atoms with E-state index < -0.39 is 10.0 Å². The normalized spacial score (nSPS) is 14.5. The van der Waals surface area contributed by atoms with Crippen LogP contribution < -0.4 is 4.90 Å². The number of rotatable bonds is 6. The number of pyridine rings is 1. The van der Waals surface area contributed by atoms with Crippen LogP contribution in [0.1, 0.15) is 28.8 Å². The minimum atomic E-state index is -3.55. The number of nitrogens with zero attached hydrogens (tertiary/aromatic N) is 4. The Morgan fingerprint density at radius 1 is 1.06 bits per heavy atom. The van der Waals surface area contributed by atoms with Crippen molar-refractivity contribution >= 4 is 54.2 Å². The summed E-state index contributed by atoms with van der Waals surface area (Å²) in [4.78, 5) is 24.2. The molecule has 1 aliphatic rings. The maximum atomic E-state index is 13.6. The first-order chi connectivity index (χ1) is 16.4. The van der Waals surface area contributed by atoms with E-state index >= 15 is 0 Å². The van der Waals surface area contributed by atoms with E-state index in [-0.39, 0.29) is 17.3 Å². The van der Waals surface area contributed by atoms with Crippen LogP contribution in [0.5, 0.6) is 0 Å². The molecule has 0 saturated carbocycles. The average Bonchev–Trinajstić information content (AvgIpc) is 3.54. The van der Waals surface area contributed by atoms with Crippen molar-refractivity contribution in [3.8, 4) is 0 Å². The quantitative estimate of drug-likeness (QED) is 0.364. The lowest BCUT2D eigenvalue weighted by Gasteiger charge is -2.20. The van der Waals surface area contributed by atoms with Crippen LogP contribution in [0.3, 0.4) is 0 Å². The molecular formula is C24H21ClN4O3S2. The smallest absolute Gasteiger partial charge is 0.260 e.